The number of hydrogen-bond acceptors (Lipinski definition) is 5. The predicted octanol–water partition coefficient (Wildman–Crippen LogP) is 2.22. The molecule has 0 fully saturated rings. The van der Waals surface area contributed by atoms with E-state index < -0.39 is 0 Å². The summed E-state index contributed by atoms with van der Waals surface area (Å²) in [4.78, 5) is 31.4. The van der Waals surface area contributed by atoms with Gasteiger partial charge >= 0.3 is 0 Å². The molecule has 0 bridgehead atoms. The molecule has 3 rings (SSSR count). The lowest BCUT2D eigenvalue weighted by Gasteiger charge is -2.03. The SMILES string of the molecule is CSc1nc(C=O)nc2c1C(=O)c1ccccc1-2. The summed E-state index contributed by atoms with van der Waals surface area (Å²) in [7, 11) is 0. The van der Waals surface area contributed by atoms with Gasteiger partial charge in [-0.25, -0.2) is 9.97 Å². The minimum absolute atomic E-state index is 0.0672. The number of aldehydes is 1. The van der Waals surface area contributed by atoms with Gasteiger partial charge in [0.05, 0.1) is 11.3 Å². The summed E-state index contributed by atoms with van der Waals surface area (Å²) in [6, 6.07) is 7.27. The second-order valence-electron chi connectivity index (χ2n) is 3.81. The number of ketones is 1. The third-order valence-electron chi connectivity index (χ3n) is 2.85. The zero-order chi connectivity index (χ0) is 12.7. The van der Waals surface area contributed by atoms with Crippen LogP contribution in [0.3, 0.4) is 0 Å². The van der Waals surface area contributed by atoms with E-state index >= 15 is 0 Å². The monoisotopic (exact) mass is 256 g/mol. The van der Waals surface area contributed by atoms with Crippen LogP contribution in [0.15, 0.2) is 29.3 Å². The van der Waals surface area contributed by atoms with Gasteiger partial charge in [0.15, 0.2) is 17.9 Å². The fourth-order valence-electron chi connectivity index (χ4n) is 2.08. The van der Waals surface area contributed by atoms with E-state index in [1.54, 1.807) is 6.07 Å². The Hall–Kier alpha value is -2.01. The molecule has 0 unspecified atom stereocenters. The Bertz CT molecular complexity index is 683. The van der Waals surface area contributed by atoms with Crippen molar-refractivity contribution in [1.82, 2.24) is 9.97 Å². The molecule has 0 aliphatic heterocycles. The summed E-state index contributed by atoms with van der Waals surface area (Å²) >= 11 is 1.35. The van der Waals surface area contributed by atoms with Gasteiger partial charge in [0.2, 0.25) is 0 Å². The van der Waals surface area contributed by atoms with Gasteiger partial charge in [-0.3, -0.25) is 9.59 Å². The minimum Gasteiger partial charge on any atom is -0.294 e. The van der Waals surface area contributed by atoms with Gasteiger partial charge in [-0.2, -0.15) is 0 Å². The molecule has 0 saturated heterocycles. The van der Waals surface area contributed by atoms with Gasteiger partial charge in [0.1, 0.15) is 5.03 Å². The van der Waals surface area contributed by atoms with Crippen molar-refractivity contribution in [3.63, 3.8) is 0 Å². The molecule has 4 nitrogen and oxygen atoms in total. The van der Waals surface area contributed by atoms with Crippen molar-refractivity contribution in [2.45, 2.75) is 5.03 Å². The topological polar surface area (TPSA) is 59.9 Å². The molecule has 1 aromatic carbocycles. The van der Waals surface area contributed by atoms with Gasteiger partial charge < -0.3 is 0 Å². The van der Waals surface area contributed by atoms with Crippen LogP contribution in [0.2, 0.25) is 0 Å². The Kier molecular flexibility index (Phi) is 2.48. The first-order valence-corrected chi connectivity index (χ1v) is 6.54. The van der Waals surface area contributed by atoms with Crippen molar-refractivity contribution in [2.75, 3.05) is 6.26 Å². The number of fused-ring (bicyclic) bond motifs is 3. The lowest BCUT2D eigenvalue weighted by Crippen LogP contribution is -2.03. The van der Waals surface area contributed by atoms with Crippen LogP contribution >= 0.6 is 11.8 Å². The van der Waals surface area contributed by atoms with E-state index in [9.17, 15) is 9.59 Å². The highest BCUT2D eigenvalue weighted by Crippen LogP contribution is 2.38. The largest absolute Gasteiger partial charge is 0.294 e. The van der Waals surface area contributed by atoms with E-state index in [-0.39, 0.29) is 11.6 Å². The normalized spacial score (nSPS) is 12.2. The number of thioether (sulfide) groups is 1. The quantitative estimate of drug-likeness (QED) is 0.400. The fraction of sp³-hybridized carbons (Fsp3) is 0.0769. The predicted molar refractivity (Wildman–Crippen MR) is 68.1 cm³/mol. The van der Waals surface area contributed by atoms with Crippen LogP contribution < -0.4 is 0 Å². The third kappa shape index (κ3) is 1.41. The summed E-state index contributed by atoms with van der Waals surface area (Å²) in [6.45, 7) is 0. The first-order chi connectivity index (χ1) is 8.76. The highest BCUT2D eigenvalue weighted by atomic mass is 32.2. The summed E-state index contributed by atoms with van der Waals surface area (Å²) in [5, 5.41) is 0.559. The second kappa shape index (κ2) is 4.03. The lowest BCUT2D eigenvalue weighted by molar-refractivity contribution is 0.103. The molecule has 0 saturated carbocycles. The van der Waals surface area contributed by atoms with E-state index in [0.29, 0.717) is 28.1 Å². The van der Waals surface area contributed by atoms with Crippen LogP contribution in [0, 0.1) is 0 Å². The lowest BCUT2D eigenvalue weighted by atomic mass is 10.1. The van der Waals surface area contributed by atoms with Crippen LogP contribution in [0.25, 0.3) is 11.3 Å². The number of hydrogen-bond donors (Lipinski definition) is 0. The van der Waals surface area contributed by atoms with Crippen molar-refractivity contribution in [1.29, 1.82) is 0 Å². The maximum Gasteiger partial charge on any atom is 0.198 e. The van der Waals surface area contributed by atoms with Crippen molar-refractivity contribution >= 4 is 23.8 Å². The highest BCUT2D eigenvalue weighted by molar-refractivity contribution is 7.98. The van der Waals surface area contributed by atoms with Crippen molar-refractivity contribution in [3.8, 4) is 11.3 Å². The maximum atomic E-state index is 12.3. The van der Waals surface area contributed by atoms with Crippen LogP contribution in [0.1, 0.15) is 26.5 Å². The first kappa shape index (κ1) is 11.1. The van der Waals surface area contributed by atoms with Crippen molar-refractivity contribution in [2.24, 2.45) is 0 Å². The number of nitrogens with zero attached hydrogens (tertiary/aromatic N) is 2. The van der Waals surface area contributed by atoms with Crippen molar-refractivity contribution in [3.05, 3.63) is 41.2 Å². The third-order valence-corrected chi connectivity index (χ3v) is 3.53. The van der Waals surface area contributed by atoms with Crippen LogP contribution in [-0.4, -0.2) is 28.3 Å². The number of carbonyl (C=O) groups is 2. The Morgan fingerprint density at radius 3 is 2.56 bits per heavy atom. The van der Waals surface area contributed by atoms with E-state index in [2.05, 4.69) is 9.97 Å². The van der Waals surface area contributed by atoms with Crippen LogP contribution in [0.4, 0.5) is 0 Å². The van der Waals surface area contributed by atoms with Gasteiger partial charge in [-0.15, -0.1) is 11.8 Å². The van der Waals surface area contributed by atoms with E-state index in [0.717, 1.165) is 5.56 Å². The Morgan fingerprint density at radius 2 is 1.89 bits per heavy atom. The Morgan fingerprint density at radius 1 is 1.17 bits per heavy atom. The summed E-state index contributed by atoms with van der Waals surface area (Å²) in [6.07, 6.45) is 2.43. The molecule has 0 amide bonds. The van der Waals surface area contributed by atoms with Crippen molar-refractivity contribution < 1.29 is 9.59 Å². The smallest absolute Gasteiger partial charge is 0.198 e. The molecule has 1 aliphatic rings. The highest BCUT2D eigenvalue weighted by Gasteiger charge is 2.31. The molecule has 0 radical (unpaired) electrons. The molecule has 2 aromatic rings. The van der Waals surface area contributed by atoms with E-state index in [4.69, 9.17) is 0 Å². The second-order valence-corrected chi connectivity index (χ2v) is 4.60. The number of aromatic nitrogens is 2. The molecule has 1 heterocycles. The molecule has 0 N–H and O–H groups in total. The van der Waals surface area contributed by atoms with Gasteiger partial charge in [0.25, 0.3) is 0 Å². The molecule has 1 aromatic heterocycles. The van der Waals surface area contributed by atoms with Crippen LogP contribution in [-0.2, 0) is 0 Å². The zero-order valence-corrected chi connectivity index (χ0v) is 10.3. The average Bonchev–Trinajstić information content (AvgIpc) is 2.72. The molecular formula is C13H8N2O2S. The summed E-state index contributed by atoms with van der Waals surface area (Å²) in [5.74, 6) is 0.0463. The fourth-order valence-corrected chi connectivity index (χ4v) is 2.66. The van der Waals surface area contributed by atoms with Gasteiger partial charge in [0, 0.05) is 11.1 Å². The number of rotatable bonds is 2. The Balaban J connectivity index is 2.38. The van der Waals surface area contributed by atoms with Crippen LogP contribution in [0.5, 0.6) is 0 Å². The van der Waals surface area contributed by atoms with E-state index in [1.165, 1.54) is 11.8 Å². The Labute approximate surface area is 107 Å². The number of carbonyl (C=O) groups excluding carboxylic acids is 2. The zero-order valence-electron chi connectivity index (χ0n) is 9.51. The first-order valence-electron chi connectivity index (χ1n) is 5.31. The molecule has 0 atom stereocenters. The molecular weight excluding hydrogens is 248 g/mol. The summed E-state index contributed by atoms with van der Waals surface area (Å²) in [5.41, 5.74) is 2.48. The van der Waals surface area contributed by atoms with Gasteiger partial charge in [-0.1, -0.05) is 24.3 Å². The molecule has 18 heavy (non-hydrogen) atoms. The summed E-state index contributed by atoms with van der Waals surface area (Å²) < 4.78 is 0. The number of benzene rings is 1. The molecule has 0 spiro atoms. The van der Waals surface area contributed by atoms with E-state index in [1.807, 2.05) is 24.5 Å². The minimum atomic E-state index is -0.0672. The standard InChI is InChI=1S/C13H8N2O2S/c1-18-13-10-11(14-9(6-16)15-13)7-4-2-3-5-8(7)12(10)17/h2-6H,1H3. The molecule has 88 valence electrons. The van der Waals surface area contributed by atoms with Gasteiger partial charge in [-0.05, 0) is 6.26 Å². The molecule has 5 heteroatoms. The maximum absolute atomic E-state index is 12.3. The molecule has 1 aliphatic carbocycles. The average molecular weight is 256 g/mol.